The van der Waals surface area contributed by atoms with Gasteiger partial charge in [0.1, 0.15) is 0 Å². The second-order valence-corrected chi connectivity index (χ2v) is 1.95. The molecule has 0 aromatic carbocycles. The van der Waals surface area contributed by atoms with Crippen LogP contribution in [0, 0.1) is 0 Å². The van der Waals surface area contributed by atoms with Crippen LogP contribution in [0.3, 0.4) is 0 Å². The van der Waals surface area contributed by atoms with Gasteiger partial charge in [0, 0.05) is 25.3 Å². The van der Waals surface area contributed by atoms with Crippen molar-refractivity contribution in [3.05, 3.63) is 24.9 Å². The van der Waals surface area contributed by atoms with Crippen LogP contribution in [0.15, 0.2) is 29.9 Å². The summed E-state index contributed by atoms with van der Waals surface area (Å²) < 4.78 is 0. The van der Waals surface area contributed by atoms with Crippen molar-refractivity contribution in [3.8, 4) is 0 Å². The number of carboxylic acid groups (broad SMARTS) is 1. The molecule has 0 radical (unpaired) electrons. The molecular weight excluding hydrogens is 142 g/mol. The van der Waals surface area contributed by atoms with Gasteiger partial charge in [-0.15, -0.1) is 6.58 Å². The SMILES string of the molecule is C=CCC1=NC=C1.CC(=O)O. The van der Waals surface area contributed by atoms with Crippen molar-refractivity contribution in [1.82, 2.24) is 0 Å². The fourth-order valence-electron chi connectivity index (χ4n) is 0.449. The van der Waals surface area contributed by atoms with Crippen molar-refractivity contribution in [2.24, 2.45) is 4.99 Å². The second-order valence-electron chi connectivity index (χ2n) is 1.95. The fourth-order valence-corrected chi connectivity index (χ4v) is 0.449. The van der Waals surface area contributed by atoms with Crippen LogP contribution in [0.5, 0.6) is 0 Å². The number of hydrogen-bond acceptors (Lipinski definition) is 2. The molecule has 0 aromatic heterocycles. The van der Waals surface area contributed by atoms with Crippen molar-refractivity contribution in [3.63, 3.8) is 0 Å². The molecule has 1 rings (SSSR count). The van der Waals surface area contributed by atoms with Gasteiger partial charge < -0.3 is 5.11 Å². The largest absolute Gasteiger partial charge is 0.481 e. The summed E-state index contributed by atoms with van der Waals surface area (Å²) in [5.74, 6) is -0.833. The molecule has 0 saturated carbocycles. The van der Waals surface area contributed by atoms with Crippen molar-refractivity contribution in [2.75, 3.05) is 0 Å². The molecule has 0 bridgehead atoms. The highest BCUT2D eigenvalue weighted by atomic mass is 16.4. The zero-order valence-corrected chi connectivity index (χ0v) is 6.45. The Morgan fingerprint density at radius 2 is 2.36 bits per heavy atom. The molecule has 0 amide bonds. The van der Waals surface area contributed by atoms with Crippen LogP contribution in [-0.2, 0) is 4.79 Å². The lowest BCUT2D eigenvalue weighted by molar-refractivity contribution is -0.134. The van der Waals surface area contributed by atoms with E-state index < -0.39 is 5.97 Å². The molecular formula is C8H11NO2. The standard InChI is InChI=1S/C6H7N.C2H4O2/c1-2-3-6-4-5-7-6;1-2(3)4/h2,4-5H,1,3H2;1H3,(H,3,4). The van der Waals surface area contributed by atoms with Crippen LogP contribution >= 0.6 is 0 Å². The third-order valence-corrected chi connectivity index (χ3v) is 0.861. The molecule has 1 heterocycles. The Labute approximate surface area is 65.8 Å². The monoisotopic (exact) mass is 153 g/mol. The number of aliphatic carboxylic acids is 1. The lowest BCUT2D eigenvalue weighted by Gasteiger charge is -1.98. The van der Waals surface area contributed by atoms with Crippen LogP contribution < -0.4 is 0 Å². The van der Waals surface area contributed by atoms with Crippen LogP contribution in [0.2, 0.25) is 0 Å². The lowest BCUT2D eigenvalue weighted by Crippen LogP contribution is -1.95. The topological polar surface area (TPSA) is 49.7 Å². The zero-order valence-electron chi connectivity index (χ0n) is 6.45. The third kappa shape index (κ3) is 6.51. The van der Waals surface area contributed by atoms with E-state index in [-0.39, 0.29) is 0 Å². The Bertz CT molecular complexity index is 200. The summed E-state index contributed by atoms with van der Waals surface area (Å²) in [6.07, 6.45) is 6.54. The van der Waals surface area contributed by atoms with Gasteiger partial charge in [0.05, 0.1) is 0 Å². The summed E-state index contributed by atoms with van der Waals surface area (Å²) in [7, 11) is 0. The predicted molar refractivity (Wildman–Crippen MR) is 44.7 cm³/mol. The molecule has 0 aliphatic carbocycles. The first-order valence-electron chi connectivity index (χ1n) is 3.20. The average molecular weight is 153 g/mol. The van der Waals surface area contributed by atoms with E-state index in [1.807, 2.05) is 12.2 Å². The van der Waals surface area contributed by atoms with Crippen LogP contribution in [0.4, 0.5) is 0 Å². The Balaban J connectivity index is 0.000000218. The maximum absolute atomic E-state index is 9.00. The van der Waals surface area contributed by atoms with E-state index in [1.165, 1.54) is 0 Å². The fraction of sp³-hybridized carbons (Fsp3) is 0.250. The van der Waals surface area contributed by atoms with Gasteiger partial charge in [0.2, 0.25) is 0 Å². The number of allylic oxidation sites excluding steroid dienone is 2. The Morgan fingerprint density at radius 3 is 2.45 bits per heavy atom. The Hall–Kier alpha value is -1.38. The van der Waals surface area contributed by atoms with Gasteiger partial charge in [0.25, 0.3) is 5.97 Å². The average Bonchev–Trinajstić information content (AvgIpc) is 1.77. The summed E-state index contributed by atoms with van der Waals surface area (Å²) in [5.41, 5.74) is 1.13. The number of aliphatic imine (C=N–C) groups is 1. The molecule has 0 spiro atoms. The first-order valence-corrected chi connectivity index (χ1v) is 3.20. The molecule has 0 saturated heterocycles. The van der Waals surface area contributed by atoms with Gasteiger partial charge in [-0.1, -0.05) is 6.08 Å². The molecule has 0 atom stereocenters. The van der Waals surface area contributed by atoms with E-state index in [4.69, 9.17) is 9.90 Å². The van der Waals surface area contributed by atoms with Crippen molar-refractivity contribution < 1.29 is 9.90 Å². The van der Waals surface area contributed by atoms with Crippen molar-refractivity contribution >= 4 is 11.7 Å². The highest BCUT2D eigenvalue weighted by Crippen LogP contribution is 1.99. The maximum Gasteiger partial charge on any atom is 0.300 e. The first kappa shape index (κ1) is 9.62. The van der Waals surface area contributed by atoms with E-state index in [9.17, 15) is 0 Å². The molecule has 11 heavy (non-hydrogen) atoms. The molecule has 3 heteroatoms. The summed E-state index contributed by atoms with van der Waals surface area (Å²) >= 11 is 0. The molecule has 1 aliphatic heterocycles. The molecule has 0 aromatic rings. The summed E-state index contributed by atoms with van der Waals surface area (Å²) in [6.45, 7) is 4.65. The maximum atomic E-state index is 9.00. The van der Waals surface area contributed by atoms with Gasteiger partial charge >= 0.3 is 0 Å². The number of carbonyl (C=O) groups is 1. The molecule has 0 fully saturated rings. The predicted octanol–water partition coefficient (Wildman–Crippen LogP) is 1.62. The van der Waals surface area contributed by atoms with Gasteiger partial charge in [-0.25, -0.2) is 0 Å². The highest BCUT2D eigenvalue weighted by molar-refractivity contribution is 6.00. The summed E-state index contributed by atoms with van der Waals surface area (Å²) in [4.78, 5) is 12.9. The number of hydrogen-bond donors (Lipinski definition) is 1. The summed E-state index contributed by atoms with van der Waals surface area (Å²) in [6, 6.07) is 0. The van der Waals surface area contributed by atoms with Gasteiger partial charge in [-0.2, -0.15) is 0 Å². The van der Waals surface area contributed by atoms with Gasteiger partial charge in [0.15, 0.2) is 0 Å². The van der Waals surface area contributed by atoms with Crippen molar-refractivity contribution in [2.45, 2.75) is 13.3 Å². The van der Waals surface area contributed by atoms with Gasteiger partial charge in [-0.05, 0) is 6.08 Å². The third-order valence-electron chi connectivity index (χ3n) is 0.861. The minimum absolute atomic E-state index is 0.833. The van der Waals surface area contributed by atoms with E-state index >= 15 is 0 Å². The van der Waals surface area contributed by atoms with Gasteiger partial charge in [-0.3, -0.25) is 9.79 Å². The molecule has 0 unspecified atom stereocenters. The minimum Gasteiger partial charge on any atom is -0.481 e. The first-order chi connectivity index (χ1) is 5.16. The summed E-state index contributed by atoms with van der Waals surface area (Å²) in [5, 5.41) is 7.42. The number of carboxylic acids is 1. The van der Waals surface area contributed by atoms with E-state index in [2.05, 4.69) is 11.6 Å². The second kappa shape index (κ2) is 5.41. The number of nitrogens with zero attached hydrogens (tertiary/aromatic N) is 1. The van der Waals surface area contributed by atoms with Crippen molar-refractivity contribution in [1.29, 1.82) is 0 Å². The van der Waals surface area contributed by atoms with Crippen LogP contribution in [0.1, 0.15) is 13.3 Å². The Morgan fingerprint density at radius 1 is 1.91 bits per heavy atom. The quantitative estimate of drug-likeness (QED) is 0.613. The number of rotatable bonds is 2. The normalized spacial score (nSPS) is 11.9. The minimum atomic E-state index is -0.833. The highest BCUT2D eigenvalue weighted by Gasteiger charge is 1.93. The van der Waals surface area contributed by atoms with Crippen LogP contribution in [-0.4, -0.2) is 16.8 Å². The lowest BCUT2D eigenvalue weighted by atomic mass is 10.2. The molecule has 3 nitrogen and oxygen atoms in total. The Kier molecular flexibility index (Phi) is 4.73. The van der Waals surface area contributed by atoms with E-state index in [0.717, 1.165) is 19.1 Å². The van der Waals surface area contributed by atoms with E-state index in [0.29, 0.717) is 0 Å². The van der Waals surface area contributed by atoms with Crippen LogP contribution in [0.25, 0.3) is 0 Å². The molecule has 1 N–H and O–H groups in total. The van der Waals surface area contributed by atoms with E-state index in [1.54, 1.807) is 6.20 Å². The smallest absolute Gasteiger partial charge is 0.300 e. The zero-order chi connectivity index (χ0) is 8.69. The molecule has 60 valence electrons. The molecule has 1 aliphatic rings.